The highest BCUT2D eigenvalue weighted by molar-refractivity contribution is 7.12. The molecular weight excluding hydrogens is 232 g/mol. The lowest BCUT2D eigenvalue weighted by molar-refractivity contribution is -0.138. The fourth-order valence-corrected chi connectivity index (χ4v) is 1.71. The zero-order chi connectivity index (χ0) is 12.3. The third kappa shape index (κ3) is 2.80. The average molecular weight is 242 g/mol. The lowest BCUT2D eigenvalue weighted by Crippen LogP contribution is -2.37. The zero-order valence-electron chi connectivity index (χ0n) is 8.39. The third-order valence-corrected chi connectivity index (χ3v) is 2.75. The van der Waals surface area contributed by atoms with Gasteiger partial charge in [-0.25, -0.2) is 0 Å². The van der Waals surface area contributed by atoms with E-state index in [9.17, 15) is 14.4 Å². The molecule has 0 unspecified atom stereocenters. The van der Waals surface area contributed by atoms with Crippen molar-refractivity contribution in [2.24, 2.45) is 5.73 Å². The van der Waals surface area contributed by atoms with Crippen molar-refractivity contribution in [2.75, 3.05) is 0 Å². The molecule has 86 valence electrons. The highest BCUT2D eigenvalue weighted by Crippen LogP contribution is 2.14. The summed E-state index contributed by atoms with van der Waals surface area (Å²) in [6.07, 6.45) is 0. The molecule has 0 aliphatic heterocycles. The maximum Gasteiger partial charge on any atom is 0.325 e. The molecule has 16 heavy (non-hydrogen) atoms. The molecule has 0 spiro atoms. The van der Waals surface area contributed by atoms with Crippen LogP contribution in [0.5, 0.6) is 0 Å². The van der Waals surface area contributed by atoms with Crippen molar-refractivity contribution in [1.82, 2.24) is 5.32 Å². The number of hydrogen-bond acceptors (Lipinski definition) is 4. The number of thiophene rings is 1. The molecule has 0 aromatic carbocycles. The molecule has 0 radical (unpaired) electrons. The first-order valence-corrected chi connectivity index (χ1v) is 5.21. The van der Waals surface area contributed by atoms with E-state index < -0.39 is 23.8 Å². The summed E-state index contributed by atoms with van der Waals surface area (Å²) in [5.74, 6) is -2.28. The van der Waals surface area contributed by atoms with E-state index in [1.165, 1.54) is 18.4 Å². The predicted molar refractivity (Wildman–Crippen MR) is 57.4 cm³/mol. The van der Waals surface area contributed by atoms with Gasteiger partial charge >= 0.3 is 5.97 Å². The van der Waals surface area contributed by atoms with Gasteiger partial charge in [-0.1, -0.05) is 0 Å². The van der Waals surface area contributed by atoms with E-state index in [-0.39, 0.29) is 10.4 Å². The average Bonchev–Trinajstić information content (AvgIpc) is 2.65. The van der Waals surface area contributed by atoms with Crippen LogP contribution < -0.4 is 11.1 Å². The number of carbonyl (C=O) groups is 3. The Bertz CT molecular complexity index is 440. The summed E-state index contributed by atoms with van der Waals surface area (Å²) in [6.45, 7) is 1.35. The summed E-state index contributed by atoms with van der Waals surface area (Å²) in [7, 11) is 0. The molecule has 7 heteroatoms. The number of primary amides is 1. The fourth-order valence-electron chi connectivity index (χ4n) is 0.914. The van der Waals surface area contributed by atoms with E-state index in [4.69, 9.17) is 10.8 Å². The quantitative estimate of drug-likeness (QED) is 0.692. The molecule has 1 aromatic rings. The Balaban J connectivity index is 2.73. The molecule has 2 amide bonds. The van der Waals surface area contributed by atoms with Crippen LogP contribution >= 0.6 is 11.3 Å². The number of amides is 2. The summed E-state index contributed by atoms with van der Waals surface area (Å²) in [5.41, 5.74) is 5.25. The van der Waals surface area contributed by atoms with E-state index in [1.807, 2.05) is 0 Å². The second kappa shape index (κ2) is 4.75. The first kappa shape index (κ1) is 12.2. The van der Waals surface area contributed by atoms with Crippen LogP contribution in [0.1, 0.15) is 27.0 Å². The Kier molecular flexibility index (Phi) is 3.62. The minimum atomic E-state index is -1.12. The topological polar surface area (TPSA) is 109 Å². The SMILES string of the molecule is C[C@@H](NC(=O)c1cc(C(N)=O)cs1)C(=O)O. The lowest BCUT2D eigenvalue weighted by Gasteiger charge is -2.07. The number of carbonyl (C=O) groups excluding carboxylic acids is 2. The van der Waals surface area contributed by atoms with Crippen LogP contribution in [0.4, 0.5) is 0 Å². The maximum atomic E-state index is 11.5. The Hall–Kier alpha value is -1.89. The van der Waals surface area contributed by atoms with Gasteiger partial charge in [-0.2, -0.15) is 0 Å². The smallest absolute Gasteiger partial charge is 0.325 e. The summed E-state index contributed by atoms with van der Waals surface area (Å²) in [6, 6.07) is 0.350. The molecule has 1 heterocycles. The minimum Gasteiger partial charge on any atom is -0.480 e. The van der Waals surface area contributed by atoms with Gasteiger partial charge in [0.05, 0.1) is 10.4 Å². The molecule has 0 aliphatic carbocycles. The second-order valence-corrected chi connectivity index (χ2v) is 4.01. The van der Waals surface area contributed by atoms with Gasteiger partial charge in [0.15, 0.2) is 0 Å². The second-order valence-electron chi connectivity index (χ2n) is 3.10. The number of nitrogens with one attached hydrogen (secondary N) is 1. The molecule has 1 atom stereocenters. The summed E-state index contributed by atoms with van der Waals surface area (Å²) in [4.78, 5) is 33.0. The van der Waals surface area contributed by atoms with Gasteiger partial charge < -0.3 is 16.2 Å². The largest absolute Gasteiger partial charge is 0.480 e. The zero-order valence-corrected chi connectivity index (χ0v) is 9.21. The number of nitrogens with two attached hydrogens (primary N) is 1. The predicted octanol–water partition coefficient (Wildman–Crippen LogP) is 0.0499. The first-order valence-electron chi connectivity index (χ1n) is 4.34. The van der Waals surface area contributed by atoms with Crippen molar-refractivity contribution < 1.29 is 19.5 Å². The van der Waals surface area contributed by atoms with Crippen molar-refractivity contribution in [3.8, 4) is 0 Å². The van der Waals surface area contributed by atoms with E-state index in [1.54, 1.807) is 0 Å². The van der Waals surface area contributed by atoms with E-state index >= 15 is 0 Å². The molecule has 1 aromatic heterocycles. The maximum absolute atomic E-state index is 11.5. The monoisotopic (exact) mass is 242 g/mol. The Morgan fingerprint density at radius 1 is 1.50 bits per heavy atom. The van der Waals surface area contributed by atoms with Crippen LogP contribution in [0, 0.1) is 0 Å². The van der Waals surface area contributed by atoms with Crippen LogP contribution in [0.2, 0.25) is 0 Å². The van der Waals surface area contributed by atoms with Gasteiger partial charge in [0.25, 0.3) is 5.91 Å². The minimum absolute atomic E-state index is 0.234. The standard InChI is InChI=1S/C9H10N2O4S/c1-4(9(14)15)11-8(13)6-2-5(3-16-6)7(10)12/h2-4H,1H3,(H2,10,12)(H,11,13)(H,14,15)/t4-/m1/s1. The number of hydrogen-bond donors (Lipinski definition) is 3. The Morgan fingerprint density at radius 2 is 2.12 bits per heavy atom. The van der Waals surface area contributed by atoms with Crippen LogP contribution in [0.25, 0.3) is 0 Å². The Morgan fingerprint density at radius 3 is 2.56 bits per heavy atom. The summed E-state index contributed by atoms with van der Waals surface area (Å²) >= 11 is 1.03. The lowest BCUT2D eigenvalue weighted by atomic mass is 10.3. The van der Waals surface area contributed by atoms with Gasteiger partial charge in [-0.3, -0.25) is 14.4 Å². The number of carboxylic acid groups (broad SMARTS) is 1. The number of aliphatic carboxylic acids is 1. The third-order valence-electron chi connectivity index (χ3n) is 1.83. The molecule has 0 saturated heterocycles. The van der Waals surface area contributed by atoms with Crippen molar-refractivity contribution in [2.45, 2.75) is 13.0 Å². The highest BCUT2D eigenvalue weighted by atomic mass is 32.1. The van der Waals surface area contributed by atoms with Crippen LogP contribution in [0.15, 0.2) is 11.4 Å². The van der Waals surface area contributed by atoms with Gasteiger partial charge in [0.2, 0.25) is 5.91 Å². The summed E-state index contributed by atoms with van der Waals surface area (Å²) < 4.78 is 0. The van der Waals surface area contributed by atoms with Gasteiger partial charge in [-0.15, -0.1) is 11.3 Å². The number of rotatable bonds is 4. The molecule has 6 nitrogen and oxygen atoms in total. The molecule has 0 saturated carbocycles. The van der Waals surface area contributed by atoms with Crippen molar-refractivity contribution >= 4 is 29.1 Å². The van der Waals surface area contributed by atoms with Crippen molar-refractivity contribution in [3.05, 3.63) is 21.9 Å². The van der Waals surface area contributed by atoms with Gasteiger partial charge in [-0.05, 0) is 13.0 Å². The van der Waals surface area contributed by atoms with Crippen LogP contribution in [-0.2, 0) is 4.79 Å². The van der Waals surface area contributed by atoms with E-state index in [0.29, 0.717) is 0 Å². The number of carboxylic acids is 1. The molecule has 0 bridgehead atoms. The normalized spacial score (nSPS) is 11.8. The molecular formula is C9H10N2O4S. The first-order chi connectivity index (χ1) is 7.41. The molecule has 0 aliphatic rings. The summed E-state index contributed by atoms with van der Waals surface area (Å²) in [5, 5.41) is 12.3. The van der Waals surface area contributed by atoms with Crippen molar-refractivity contribution in [1.29, 1.82) is 0 Å². The molecule has 1 rings (SSSR count). The Labute approximate surface area is 95.1 Å². The van der Waals surface area contributed by atoms with E-state index in [2.05, 4.69) is 5.32 Å². The van der Waals surface area contributed by atoms with Crippen LogP contribution in [-0.4, -0.2) is 28.9 Å². The fraction of sp³-hybridized carbons (Fsp3) is 0.222. The molecule has 4 N–H and O–H groups in total. The van der Waals surface area contributed by atoms with Gasteiger partial charge in [0, 0.05) is 5.38 Å². The highest BCUT2D eigenvalue weighted by Gasteiger charge is 2.17. The van der Waals surface area contributed by atoms with Gasteiger partial charge in [0.1, 0.15) is 6.04 Å². The van der Waals surface area contributed by atoms with Crippen LogP contribution in [0.3, 0.4) is 0 Å². The molecule has 0 fully saturated rings. The van der Waals surface area contributed by atoms with E-state index in [0.717, 1.165) is 11.3 Å². The van der Waals surface area contributed by atoms with Crippen molar-refractivity contribution in [3.63, 3.8) is 0 Å².